The smallest absolute Gasteiger partial charge is 0.161 e. The van der Waals surface area contributed by atoms with Gasteiger partial charge in [-0.25, -0.2) is 0 Å². The van der Waals surface area contributed by atoms with E-state index in [0.717, 1.165) is 16.8 Å². The second kappa shape index (κ2) is 7.73. The molecule has 2 N–H and O–H groups in total. The van der Waals surface area contributed by atoms with Crippen molar-refractivity contribution in [3.05, 3.63) is 65.2 Å². The standard InChI is InChI=1S/C20H25NO2/c1-5-8-17-11-16(12-19(20(17)22)23-6-2)13-21-18-10-7-9-14(3)15(18)4/h5,7,9-12,21-22H,1,6,8,13H2,2-4H3. The molecule has 0 aliphatic carbocycles. The predicted molar refractivity (Wildman–Crippen MR) is 96.4 cm³/mol. The molecule has 122 valence electrons. The summed E-state index contributed by atoms with van der Waals surface area (Å²) in [6.45, 7) is 11.1. The van der Waals surface area contributed by atoms with Crippen molar-refractivity contribution < 1.29 is 9.84 Å². The molecule has 0 aliphatic heterocycles. The second-order valence-corrected chi connectivity index (χ2v) is 5.63. The Bertz CT molecular complexity index is 692. The van der Waals surface area contributed by atoms with E-state index in [1.165, 1.54) is 11.1 Å². The number of benzene rings is 2. The fourth-order valence-corrected chi connectivity index (χ4v) is 2.55. The van der Waals surface area contributed by atoms with Gasteiger partial charge in [-0.2, -0.15) is 0 Å². The zero-order valence-corrected chi connectivity index (χ0v) is 14.1. The van der Waals surface area contributed by atoms with Gasteiger partial charge in [0.25, 0.3) is 0 Å². The fourth-order valence-electron chi connectivity index (χ4n) is 2.55. The van der Waals surface area contributed by atoms with Crippen LogP contribution in [-0.4, -0.2) is 11.7 Å². The van der Waals surface area contributed by atoms with E-state index in [1.807, 2.05) is 19.1 Å². The number of allylic oxidation sites excluding steroid dienone is 1. The highest BCUT2D eigenvalue weighted by Gasteiger charge is 2.10. The Balaban J connectivity index is 2.24. The molecule has 0 spiro atoms. The van der Waals surface area contributed by atoms with Crippen LogP contribution in [0.2, 0.25) is 0 Å². The second-order valence-electron chi connectivity index (χ2n) is 5.63. The summed E-state index contributed by atoms with van der Waals surface area (Å²) in [6, 6.07) is 10.1. The van der Waals surface area contributed by atoms with Crippen LogP contribution in [0.4, 0.5) is 5.69 Å². The van der Waals surface area contributed by atoms with Crippen molar-refractivity contribution in [2.75, 3.05) is 11.9 Å². The number of anilines is 1. The number of rotatable bonds is 7. The minimum absolute atomic E-state index is 0.210. The van der Waals surface area contributed by atoms with E-state index in [1.54, 1.807) is 6.08 Å². The van der Waals surface area contributed by atoms with Crippen LogP contribution in [0.1, 0.15) is 29.2 Å². The lowest BCUT2D eigenvalue weighted by Crippen LogP contribution is -2.04. The number of hydrogen-bond acceptors (Lipinski definition) is 3. The van der Waals surface area contributed by atoms with Crippen LogP contribution in [0.25, 0.3) is 0 Å². The number of nitrogens with one attached hydrogen (secondary N) is 1. The van der Waals surface area contributed by atoms with Crippen LogP contribution in [0, 0.1) is 13.8 Å². The average Bonchev–Trinajstić information content (AvgIpc) is 2.53. The van der Waals surface area contributed by atoms with Gasteiger partial charge in [0, 0.05) is 17.8 Å². The van der Waals surface area contributed by atoms with Crippen LogP contribution < -0.4 is 10.1 Å². The summed E-state index contributed by atoms with van der Waals surface area (Å²) in [6.07, 6.45) is 2.40. The third-order valence-corrected chi connectivity index (χ3v) is 3.97. The molecule has 0 amide bonds. The normalized spacial score (nSPS) is 10.4. The van der Waals surface area contributed by atoms with Crippen molar-refractivity contribution >= 4 is 5.69 Å². The van der Waals surface area contributed by atoms with E-state index < -0.39 is 0 Å². The molecule has 0 saturated carbocycles. The first-order valence-electron chi connectivity index (χ1n) is 7.95. The molecular weight excluding hydrogens is 286 g/mol. The number of aromatic hydroxyl groups is 1. The van der Waals surface area contributed by atoms with Crippen molar-refractivity contribution in [2.24, 2.45) is 0 Å². The molecule has 2 aromatic rings. The highest BCUT2D eigenvalue weighted by Crippen LogP contribution is 2.32. The minimum Gasteiger partial charge on any atom is -0.504 e. The Labute approximate surface area is 138 Å². The molecule has 3 nitrogen and oxygen atoms in total. The Kier molecular flexibility index (Phi) is 5.69. The molecule has 0 atom stereocenters. The molecule has 3 heteroatoms. The summed E-state index contributed by atoms with van der Waals surface area (Å²) in [4.78, 5) is 0. The van der Waals surface area contributed by atoms with Crippen molar-refractivity contribution in [2.45, 2.75) is 33.7 Å². The van der Waals surface area contributed by atoms with Gasteiger partial charge >= 0.3 is 0 Å². The SMILES string of the molecule is C=CCc1cc(CNc2cccc(C)c2C)cc(OCC)c1O. The Morgan fingerprint density at radius 1 is 1.26 bits per heavy atom. The van der Waals surface area contributed by atoms with Crippen LogP contribution in [0.15, 0.2) is 43.0 Å². The molecule has 0 fully saturated rings. The van der Waals surface area contributed by atoms with Gasteiger partial charge in [0.15, 0.2) is 11.5 Å². The third kappa shape index (κ3) is 4.07. The Hall–Kier alpha value is -2.42. The first kappa shape index (κ1) is 16.9. The molecule has 2 rings (SSSR count). The quantitative estimate of drug-likeness (QED) is 0.725. The summed E-state index contributed by atoms with van der Waals surface area (Å²) < 4.78 is 5.55. The molecule has 0 aliphatic rings. The summed E-state index contributed by atoms with van der Waals surface area (Å²) in [5.41, 5.74) is 5.56. The van der Waals surface area contributed by atoms with Gasteiger partial charge in [-0.15, -0.1) is 6.58 Å². The van der Waals surface area contributed by atoms with E-state index in [2.05, 4.69) is 43.9 Å². The third-order valence-electron chi connectivity index (χ3n) is 3.97. The molecule has 0 saturated heterocycles. The first-order chi connectivity index (χ1) is 11.1. The zero-order chi connectivity index (χ0) is 16.8. The van der Waals surface area contributed by atoms with Crippen LogP contribution in [-0.2, 0) is 13.0 Å². The predicted octanol–water partition coefficient (Wildman–Crippen LogP) is 4.75. The van der Waals surface area contributed by atoms with Crippen LogP contribution in [0.3, 0.4) is 0 Å². The van der Waals surface area contributed by atoms with E-state index >= 15 is 0 Å². The topological polar surface area (TPSA) is 41.5 Å². The number of phenols is 1. The summed E-state index contributed by atoms with van der Waals surface area (Å²) in [5, 5.41) is 13.7. The average molecular weight is 311 g/mol. The number of ether oxygens (including phenoxy) is 1. The highest BCUT2D eigenvalue weighted by atomic mass is 16.5. The maximum absolute atomic E-state index is 10.2. The molecule has 0 bridgehead atoms. The van der Waals surface area contributed by atoms with Crippen molar-refractivity contribution in [3.63, 3.8) is 0 Å². The molecular formula is C20H25NO2. The van der Waals surface area contributed by atoms with E-state index in [9.17, 15) is 5.11 Å². The maximum atomic E-state index is 10.2. The molecule has 0 unspecified atom stereocenters. The van der Waals surface area contributed by atoms with Gasteiger partial charge < -0.3 is 15.2 Å². The maximum Gasteiger partial charge on any atom is 0.161 e. The van der Waals surface area contributed by atoms with Gasteiger partial charge in [0.2, 0.25) is 0 Å². The van der Waals surface area contributed by atoms with Gasteiger partial charge in [0.05, 0.1) is 6.61 Å². The summed E-state index contributed by atoms with van der Waals surface area (Å²) in [7, 11) is 0. The number of hydrogen-bond donors (Lipinski definition) is 2. The van der Waals surface area contributed by atoms with Crippen molar-refractivity contribution in [1.29, 1.82) is 0 Å². The zero-order valence-electron chi connectivity index (χ0n) is 14.1. The number of aryl methyl sites for hydroxylation is 1. The summed E-state index contributed by atoms with van der Waals surface area (Å²) in [5.74, 6) is 0.742. The number of phenolic OH excluding ortho intramolecular Hbond substituents is 1. The summed E-state index contributed by atoms with van der Waals surface area (Å²) >= 11 is 0. The molecule has 0 aromatic heterocycles. The van der Waals surface area contributed by atoms with Crippen molar-refractivity contribution in [3.8, 4) is 11.5 Å². The van der Waals surface area contributed by atoms with Gasteiger partial charge in [-0.3, -0.25) is 0 Å². The molecule has 0 radical (unpaired) electrons. The van der Waals surface area contributed by atoms with Gasteiger partial charge in [-0.1, -0.05) is 18.2 Å². The minimum atomic E-state index is 0.210. The Morgan fingerprint density at radius 2 is 2.04 bits per heavy atom. The Morgan fingerprint density at radius 3 is 2.74 bits per heavy atom. The lowest BCUT2D eigenvalue weighted by molar-refractivity contribution is 0.316. The van der Waals surface area contributed by atoms with Crippen LogP contribution >= 0.6 is 0 Å². The van der Waals surface area contributed by atoms with Gasteiger partial charge in [0.1, 0.15) is 0 Å². The fraction of sp³-hybridized carbons (Fsp3) is 0.300. The van der Waals surface area contributed by atoms with E-state index in [0.29, 0.717) is 25.3 Å². The lowest BCUT2D eigenvalue weighted by Gasteiger charge is -2.15. The van der Waals surface area contributed by atoms with Crippen molar-refractivity contribution in [1.82, 2.24) is 0 Å². The molecule has 23 heavy (non-hydrogen) atoms. The van der Waals surface area contributed by atoms with Gasteiger partial charge in [-0.05, 0) is 62.1 Å². The molecule has 0 heterocycles. The largest absolute Gasteiger partial charge is 0.504 e. The lowest BCUT2D eigenvalue weighted by atomic mass is 10.0. The monoisotopic (exact) mass is 311 g/mol. The van der Waals surface area contributed by atoms with E-state index in [4.69, 9.17) is 4.74 Å². The molecule has 2 aromatic carbocycles. The first-order valence-corrected chi connectivity index (χ1v) is 7.95. The van der Waals surface area contributed by atoms with E-state index in [-0.39, 0.29) is 5.75 Å². The highest BCUT2D eigenvalue weighted by molar-refractivity contribution is 5.55. The van der Waals surface area contributed by atoms with Crippen LogP contribution in [0.5, 0.6) is 11.5 Å².